The van der Waals surface area contributed by atoms with Gasteiger partial charge in [-0.3, -0.25) is 0 Å². The SMILES string of the molecule is O=C(Oc1ccccc1)c1cc(S(=O)(=O)N2CCOCC2)cs1. The lowest BCUT2D eigenvalue weighted by Crippen LogP contribution is -2.40. The van der Waals surface area contributed by atoms with Crippen LogP contribution < -0.4 is 4.74 Å². The molecule has 0 radical (unpaired) electrons. The first-order chi connectivity index (χ1) is 11.1. The summed E-state index contributed by atoms with van der Waals surface area (Å²) in [7, 11) is -3.59. The van der Waals surface area contributed by atoms with E-state index in [2.05, 4.69) is 0 Å². The van der Waals surface area contributed by atoms with Gasteiger partial charge in [0.1, 0.15) is 10.6 Å². The van der Waals surface area contributed by atoms with Crippen LogP contribution in [0.1, 0.15) is 9.67 Å². The fraction of sp³-hybridized carbons (Fsp3) is 0.267. The van der Waals surface area contributed by atoms with Crippen molar-refractivity contribution in [1.29, 1.82) is 0 Å². The van der Waals surface area contributed by atoms with Crippen molar-refractivity contribution in [2.24, 2.45) is 0 Å². The number of rotatable bonds is 4. The molecule has 1 aliphatic heterocycles. The Morgan fingerprint density at radius 3 is 2.57 bits per heavy atom. The Bertz CT molecular complexity index is 779. The lowest BCUT2D eigenvalue weighted by Gasteiger charge is -2.25. The molecule has 0 spiro atoms. The third kappa shape index (κ3) is 3.61. The molecule has 0 atom stereocenters. The van der Waals surface area contributed by atoms with Crippen molar-refractivity contribution in [2.45, 2.75) is 4.90 Å². The molecule has 0 bridgehead atoms. The van der Waals surface area contributed by atoms with Crippen LogP contribution in [0.25, 0.3) is 0 Å². The van der Waals surface area contributed by atoms with E-state index in [9.17, 15) is 13.2 Å². The largest absolute Gasteiger partial charge is 0.422 e. The fourth-order valence-electron chi connectivity index (χ4n) is 2.14. The van der Waals surface area contributed by atoms with E-state index in [0.29, 0.717) is 32.1 Å². The van der Waals surface area contributed by atoms with E-state index in [4.69, 9.17) is 9.47 Å². The van der Waals surface area contributed by atoms with Gasteiger partial charge in [-0.15, -0.1) is 11.3 Å². The molecule has 1 fully saturated rings. The summed E-state index contributed by atoms with van der Waals surface area (Å²) in [5, 5.41) is 1.46. The van der Waals surface area contributed by atoms with Crippen molar-refractivity contribution in [3.8, 4) is 5.75 Å². The maximum absolute atomic E-state index is 12.5. The lowest BCUT2D eigenvalue weighted by molar-refractivity contribution is 0.0729. The van der Waals surface area contributed by atoms with E-state index in [-0.39, 0.29) is 9.77 Å². The molecule has 1 aromatic carbocycles. The Balaban J connectivity index is 1.76. The minimum Gasteiger partial charge on any atom is -0.422 e. The van der Waals surface area contributed by atoms with Crippen molar-refractivity contribution in [3.63, 3.8) is 0 Å². The van der Waals surface area contributed by atoms with Gasteiger partial charge in [0.05, 0.1) is 18.1 Å². The average Bonchev–Trinajstić information content (AvgIpc) is 3.07. The van der Waals surface area contributed by atoms with Crippen molar-refractivity contribution in [1.82, 2.24) is 4.31 Å². The molecule has 1 saturated heterocycles. The van der Waals surface area contributed by atoms with Gasteiger partial charge in [-0.25, -0.2) is 13.2 Å². The van der Waals surface area contributed by atoms with Gasteiger partial charge in [-0.2, -0.15) is 4.31 Å². The minimum absolute atomic E-state index is 0.115. The zero-order valence-electron chi connectivity index (χ0n) is 12.2. The summed E-state index contributed by atoms with van der Waals surface area (Å²) in [5.41, 5.74) is 0. The van der Waals surface area contributed by atoms with Crippen molar-refractivity contribution in [3.05, 3.63) is 46.7 Å². The molecule has 122 valence electrons. The van der Waals surface area contributed by atoms with E-state index in [1.807, 2.05) is 6.07 Å². The fourth-order valence-corrected chi connectivity index (χ4v) is 4.69. The van der Waals surface area contributed by atoms with Crippen LogP contribution in [0, 0.1) is 0 Å². The first-order valence-corrected chi connectivity index (χ1v) is 9.33. The highest BCUT2D eigenvalue weighted by atomic mass is 32.2. The molecule has 1 aliphatic rings. The van der Waals surface area contributed by atoms with Crippen LogP contribution in [0.5, 0.6) is 5.75 Å². The molecule has 6 nitrogen and oxygen atoms in total. The standard InChI is InChI=1S/C15H15NO5S2/c17-15(21-12-4-2-1-3-5-12)14-10-13(11-22-14)23(18,19)16-6-8-20-9-7-16/h1-5,10-11H,6-9H2. The number of nitrogens with zero attached hydrogens (tertiary/aromatic N) is 1. The smallest absolute Gasteiger partial charge is 0.353 e. The zero-order chi connectivity index (χ0) is 16.3. The second-order valence-electron chi connectivity index (χ2n) is 4.87. The first-order valence-electron chi connectivity index (χ1n) is 7.01. The molecule has 0 saturated carbocycles. The van der Waals surface area contributed by atoms with Gasteiger partial charge >= 0.3 is 5.97 Å². The van der Waals surface area contributed by atoms with E-state index in [1.54, 1.807) is 24.3 Å². The van der Waals surface area contributed by atoms with Gasteiger partial charge in [0.2, 0.25) is 10.0 Å². The minimum atomic E-state index is -3.59. The Morgan fingerprint density at radius 1 is 1.17 bits per heavy atom. The van der Waals surface area contributed by atoms with Gasteiger partial charge in [0.15, 0.2) is 0 Å². The summed E-state index contributed by atoms with van der Waals surface area (Å²) in [4.78, 5) is 12.5. The molecule has 0 unspecified atom stereocenters. The summed E-state index contributed by atoms with van der Waals surface area (Å²) in [6.07, 6.45) is 0. The highest BCUT2D eigenvalue weighted by Crippen LogP contribution is 2.24. The number of morpholine rings is 1. The summed E-state index contributed by atoms with van der Waals surface area (Å²) < 4.78 is 36.8. The maximum atomic E-state index is 12.5. The van der Waals surface area contributed by atoms with Crippen LogP contribution in [0.4, 0.5) is 0 Å². The molecule has 3 rings (SSSR count). The summed E-state index contributed by atoms with van der Waals surface area (Å²) in [6, 6.07) is 10.0. The Morgan fingerprint density at radius 2 is 1.87 bits per heavy atom. The topological polar surface area (TPSA) is 72.9 Å². The highest BCUT2D eigenvalue weighted by molar-refractivity contribution is 7.89. The van der Waals surface area contributed by atoms with Crippen LogP contribution in [-0.2, 0) is 14.8 Å². The molecule has 1 aromatic heterocycles. The molecule has 0 amide bonds. The molecule has 0 aliphatic carbocycles. The molecule has 2 aromatic rings. The predicted molar refractivity (Wildman–Crippen MR) is 85.3 cm³/mol. The van der Waals surface area contributed by atoms with E-state index in [0.717, 1.165) is 11.3 Å². The third-order valence-corrected chi connectivity index (χ3v) is 6.27. The number of carbonyl (C=O) groups is 1. The lowest BCUT2D eigenvalue weighted by atomic mass is 10.3. The van der Waals surface area contributed by atoms with Crippen LogP contribution in [0.15, 0.2) is 46.7 Å². The quantitative estimate of drug-likeness (QED) is 0.621. The molecule has 23 heavy (non-hydrogen) atoms. The highest BCUT2D eigenvalue weighted by Gasteiger charge is 2.28. The van der Waals surface area contributed by atoms with Crippen LogP contribution in [0.3, 0.4) is 0 Å². The van der Waals surface area contributed by atoms with E-state index in [1.165, 1.54) is 15.8 Å². The monoisotopic (exact) mass is 353 g/mol. The van der Waals surface area contributed by atoms with Crippen LogP contribution in [0.2, 0.25) is 0 Å². The number of hydrogen-bond donors (Lipinski definition) is 0. The number of para-hydroxylation sites is 1. The second-order valence-corrected chi connectivity index (χ2v) is 7.71. The molecule has 0 N–H and O–H groups in total. The van der Waals surface area contributed by atoms with Crippen LogP contribution in [-0.4, -0.2) is 45.0 Å². The number of sulfonamides is 1. The third-order valence-electron chi connectivity index (χ3n) is 3.34. The normalized spacial score (nSPS) is 16.2. The number of ether oxygens (including phenoxy) is 2. The Labute approximate surface area is 138 Å². The number of thiophene rings is 1. The van der Waals surface area contributed by atoms with Crippen molar-refractivity contribution >= 4 is 27.3 Å². The Kier molecular flexibility index (Phi) is 4.76. The van der Waals surface area contributed by atoms with Gasteiger partial charge in [-0.1, -0.05) is 18.2 Å². The van der Waals surface area contributed by atoms with Gasteiger partial charge in [-0.05, 0) is 18.2 Å². The van der Waals surface area contributed by atoms with Gasteiger partial charge in [0, 0.05) is 18.5 Å². The van der Waals surface area contributed by atoms with Gasteiger partial charge in [0.25, 0.3) is 0 Å². The number of carbonyl (C=O) groups excluding carboxylic acids is 1. The molecular formula is C15H15NO5S2. The Hall–Kier alpha value is -1.74. The zero-order valence-corrected chi connectivity index (χ0v) is 13.8. The van der Waals surface area contributed by atoms with Crippen LogP contribution >= 0.6 is 11.3 Å². The molecule has 2 heterocycles. The predicted octanol–water partition coefficient (Wildman–Crippen LogP) is 1.99. The van der Waals surface area contributed by atoms with Crippen molar-refractivity contribution < 1.29 is 22.7 Å². The maximum Gasteiger partial charge on any atom is 0.353 e. The van der Waals surface area contributed by atoms with E-state index < -0.39 is 16.0 Å². The summed E-state index contributed by atoms with van der Waals surface area (Å²) in [6.45, 7) is 1.41. The second kappa shape index (κ2) is 6.79. The average molecular weight is 353 g/mol. The summed E-state index contributed by atoms with van der Waals surface area (Å²) in [5.74, 6) is -0.145. The molecular weight excluding hydrogens is 338 g/mol. The van der Waals surface area contributed by atoms with E-state index >= 15 is 0 Å². The van der Waals surface area contributed by atoms with Crippen molar-refractivity contribution in [2.75, 3.05) is 26.3 Å². The molecule has 8 heteroatoms. The number of hydrogen-bond acceptors (Lipinski definition) is 6. The summed E-state index contributed by atoms with van der Waals surface area (Å²) >= 11 is 1.06. The van der Waals surface area contributed by atoms with Gasteiger partial charge < -0.3 is 9.47 Å². The number of benzene rings is 1. The number of esters is 1. The first kappa shape index (κ1) is 16.1.